The van der Waals surface area contributed by atoms with E-state index in [0.29, 0.717) is 5.41 Å². The van der Waals surface area contributed by atoms with Crippen LogP contribution in [0.25, 0.3) is 0 Å². The van der Waals surface area contributed by atoms with Crippen LogP contribution in [0.1, 0.15) is 40.0 Å². The molecule has 0 aromatic rings. The van der Waals surface area contributed by atoms with Crippen molar-refractivity contribution >= 4 is 5.91 Å². The monoisotopic (exact) mass is 169 g/mol. The van der Waals surface area contributed by atoms with Crippen molar-refractivity contribution in [3.63, 3.8) is 0 Å². The molecule has 0 radical (unpaired) electrons. The second-order valence-electron chi connectivity index (χ2n) is 3.90. The first kappa shape index (κ1) is 9.56. The summed E-state index contributed by atoms with van der Waals surface area (Å²) in [6.45, 7) is 8.08. The van der Waals surface area contributed by atoms with Crippen molar-refractivity contribution < 1.29 is 4.79 Å². The van der Waals surface area contributed by atoms with Crippen LogP contribution < -0.4 is 0 Å². The second-order valence-corrected chi connectivity index (χ2v) is 3.90. The van der Waals surface area contributed by atoms with Gasteiger partial charge in [0.15, 0.2) is 0 Å². The van der Waals surface area contributed by atoms with Gasteiger partial charge in [0, 0.05) is 20.0 Å². The summed E-state index contributed by atoms with van der Waals surface area (Å²) in [6, 6.07) is 0. The predicted octanol–water partition coefficient (Wildman–Crippen LogP) is 2.04. The normalized spacial score (nSPS) is 21.4. The average molecular weight is 169 g/mol. The minimum absolute atomic E-state index is 0.235. The molecule has 0 aromatic carbocycles. The first-order chi connectivity index (χ1) is 5.63. The van der Waals surface area contributed by atoms with Crippen LogP contribution in [0.4, 0.5) is 0 Å². The van der Waals surface area contributed by atoms with E-state index in [1.165, 1.54) is 19.3 Å². The lowest BCUT2D eigenvalue weighted by molar-refractivity contribution is -0.128. The van der Waals surface area contributed by atoms with Crippen LogP contribution in [0, 0.1) is 5.41 Å². The van der Waals surface area contributed by atoms with Crippen molar-refractivity contribution in [2.24, 2.45) is 5.41 Å². The van der Waals surface area contributed by atoms with Crippen molar-refractivity contribution in [2.45, 2.75) is 40.0 Å². The second kappa shape index (κ2) is 3.46. The maximum absolute atomic E-state index is 11.1. The zero-order valence-electron chi connectivity index (χ0n) is 8.39. The third kappa shape index (κ3) is 1.62. The van der Waals surface area contributed by atoms with Gasteiger partial charge in [-0.05, 0) is 24.7 Å². The maximum atomic E-state index is 11.1. The van der Waals surface area contributed by atoms with Crippen LogP contribution in [0.5, 0.6) is 0 Å². The Morgan fingerprint density at radius 2 is 2.00 bits per heavy atom. The first-order valence-electron chi connectivity index (χ1n) is 4.89. The van der Waals surface area contributed by atoms with Gasteiger partial charge in [0.25, 0.3) is 0 Å². The highest BCUT2D eigenvalue weighted by atomic mass is 16.2. The molecule has 1 rings (SSSR count). The summed E-state index contributed by atoms with van der Waals surface area (Å²) in [4.78, 5) is 13.1. The van der Waals surface area contributed by atoms with E-state index in [2.05, 4.69) is 13.8 Å². The fraction of sp³-hybridized carbons (Fsp3) is 0.900. The molecule has 2 nitrogen and oxygen atoms in total. The third-order valence-corrected chi connectivity index (χ3v) is 3.38. The standard InChI is InChI=1S/C10H19NO/c1-4-10(5-2)6-7-11(8-10)9(3)12/h4-8H2,1-3H3. The summed E-state index contributed by atoms with van der Waals surface area (Å²) in [6.07, 6.45) is 3.60. The highest BCUT2D eigenvalue weighted by Crippen LogP contribution is 2.36. The molecule has 70 valence electrons. The molecule has 1 amide bonds. The Morgan fingerprint density at radius 1 is 1.42 bits per heavy atom. The van der Waals surface area contributed by atoms with Gasteiger partial charge in [-0.1, -0.05) is 13.8 Å². The lowest BCUT2D eigenvalue weighted by Crippen LogP contribution is -2.29. The number of carbonyl (C=O) groups is 1. The Hall–Kier alpha value is -0.530. The molecule has 0 atom stereocenters. The molecular formula is C10H19NO. The number of rotatable bonds is 2. The summed E-state index contributed by atoms with van der Waals surface area (Å²) >= 11 is 0. The van der Waals surface area contributed by atoms with Crippen molar-refractivity contribution in [1.29, 1.82) is 0 Å². The molecule has 1 heterocycles. The molecule has 0 unspecified atom stereocenters. The fourth-order valence-corrected chi connectivity index (χ4v) is 2.03. The number of hydrogen-bond acceptors (Lipinski definition) is 1. The van der Waals surface area contributed by atoms with Gasteiger partial charge in [0.05, 0.1) is 0 Å². The molecule has 12 heavy (non-hydrogen) atoms. The van der Waals surface area contributed by atoms with Gasteiger partial charge in [-0.25, -0.2) is 0 Å². The largest absolute Gasteiger partial charge is 0.342 e. The smallest absolute Gasteiger partial charge is 0.219 e. The molecule has 2 heteroatoms. The zero-order chi connectivity index (χ0) is 9.19. The van der Waals surface area contributed by atoms with Gasteiger partial charge in [-0.3, -0.25) is 4.79 Å². The molecule has 0 aliphatic carbocycles. The number of nitrogens with zero attached hydrogens (tertiary/aromatic N) is 1. The number of likely N-dealkylation sites (tertiary alicyclic amines) is 1. The van der Waals surface area contributed by atoms with Crippen LogP contribution in [0.3, 0.4) is 0 Å². The molecule has 1 saturated heterocycles. The maximum Gasteiger partial charge on any atom is 0.219 e. The zero-order valence-corrected chi connectivity index (χ0v) is 8.39. The van der Waals surface area contributed by atoms with Gasteiger partial charge in [-0.15, -0.1) is 0 Å². The summed E-state index contributed by atoms with van der Waals surface area (Å²) in [5.41, 5.74) is 0.436. The minimum Gasteiger partial charge on any atom is -0.342 e. The quantitative estimate of drug-likeness (QED) is 0.619. The lowest BCUT2D eigenvalue weighted by atomic mass is 9.82. The Labute approximate surface area is 74.9 Å². The molecule has 0 N–H and O–H groups in total. The van der Waals surface area contributed by atoms with E-state index in [-0.39, 0.29) is 5.91 Å². The molecule has 0 bridgehead atoms. The van der Waals surface area contributed by atoms with E-state index in [9.17, 15) is 4.79 Å². The fourth-order valence-electron chi connectivity index (χ4n) is 2.03. The molecule has 0 saturated carbocycles. The van der Waals surface area contributed by atoms with Gasteiger partial charge < -0.3 is 4.90 Å². The molecule has 0 aromatic heterocycles. The highest BCUT2D eigenvalue weighted by Gasteiger charge is 2.35. The molecule has 0 spiro atoms. The number of hydrogen-bond donors (Lipinski definition) is 0. The van der Waals surface area contributed by atoms with E-state index in [4.69, 9.17) is 0 Å². The SMILES string of the molecule is CCC1(CC)CCN(C(C)=O)C1. The average Bonchev–Trinajstić information content (AvgIpc) is 2.49. The van der Waals surface area contributed by atoms with Gasteiger partial charge in [0.1, 0.15) is 0 Å². The van der Waals surface area contributed by atoms with Crippen molar-refractivity contribution in [3.8, 4) is 0 Å². The predicted molar refractivity (Wildman–Crippen MR) is 49.9 cm³/mol. The topological polar surface area (TPSA) is 20.3 Å². The minimum atomic E-state index is 0.235. The molecule has 1 fully saturated rings. The number of carbonyl (C=O) groups excluding carboxylic acids is 1. The first-order valence-corrected chi connectivity index (χ1v) is 4.89. The van der Waals surface area contributed by atoms with Crippen molar-refractivity contribution in [2.75, 3.05) is 13.1 Å². The summed E-state index contributed by atoms with van der Waals surface area (Å²) in [7, 11) is 0. The Bertz CT molecular complexity index is 173. The highest BCUT2D eigenvalue weighted by molar-refractivity contribution is 5.73. The van der Waals surface area contributed by atoms with Crippen LogP contribution >= 0.6 is 0 Å². The summed E-state index contributed by atoms with van der Waals surface area (Å²) < 4.78 is 0. The van der Waals surface area contributed by atoms with Gasteiger partial charge >= 0.3 is 0 Å². The van der Waals surface area contributed by atoms with Crippen LogP contribution in [0.2, 0.25) is 0 Å². The van der Waals surface area contributed by atoms with E-state index < -0.39 is 0 Å². The van der Waals surface area contributed by atoms with Crippen LogP contribution in [-0.2, 0) is 4.79 Å². The number of amides is 1. The Kier molecular flexibility index (Phi) is 2.76. The summed E-state index contributed by atoms with van der Waals surface area (Å²) in [5, 5.41) is 0. The molecular weight excluding hydrogens is 150 g/mol. The third-order valence-electron chi connectivity index (χ3n) is 3.38. The molecule has 1 aliphatic rings. The van der Waals surface area contributed by atoms with E-state index >= 15 is 0 Å². The van der Waals surface area contributed by atoms with Crippen LogP contribution in [0.15, 0.2) is 0 Å². The van der Waals surface area contributed by atoms with Crippen molar-refractivity contribution in [1.82, 2.24) is 4.90 Å². The van der Waals surface area contributed by atoms with Crippen molar-refractivity contribution in [3.05, 3.63) is 0 Å². The Balaban J connectivity index is 2.58. The van der Waals surface area contributed by atoms with Crippen LogP contribution in [-0.4, -0.2) is 23.9 Å². The van der Waals surface area contributed by atoms with E-state index in [1.54, 1.807) is 6.92 Å². The van der Waals surface area contributed by atoms with Gasteiger partial charge in [-0.2, -0.15) is 0 Å². The van der Waals surface area contributed by atoms with E-state index in [1.807, 2.05) is 4.90 Å². The molecule has 1 aliphatic heterocycles. The van der Waals surface area contributed by atoms with Gasteiger partial charge in [0.2, 0.25) is 5.91 Å². The Morgan fingerprint density at radius 3 is 2.25 bits per heavy atom. The lowest BCUT2D eigenvalue weighted by Gasteiger charge is -2.25. The summed E-state index contributed by atoms with van der Waals surface area (Å²) in [5.74, 6) is 0.235. The van der Waals surface area contributed by atoms with E-state index in [0.717, 1.165) is 13.1 Å².